The van der Waals surface area contributed by atoms with Gasteiger partial charge in [-0.05, 0) is 24.6 Å². The Morgan fingerprint density at radius 1 is 1.05 bits per heavy atom. The molecule has 1 atom stereocenters. The number of hydrogen-bond acceptors (Lipinski definition) is 3. The molecule has 2 aromatic carbocycles. The van der Waals surface area contributed by atoms with Crippen LogP contribution < -0.4 is 10.1 Å². The summed E-state index contributed by atoms with van der Waals surface area (Å²) >= 11 is 0. The van der Waals surface area contributed by atoms with Crippen LogP contribution in [0, 0.1) is 0 Å². The van der Waals surface area contributed by atoms with E-state index in [-0.39, 0.29) is 5.91 Å². The minimum atomic E-state index is -1.05. The summed E-state index contributed by atoms with van der Waals surface area (Å²) in [6.45, 7) is 1.75. The predicted molar refractivity (Wildman–Crippen MR) is 82.4 cm³/mol. The van der Waals surface area contributed by atoms with Gasteiger partial charge < -0.3 is 14.8 Å². The van der Waals surface area contributed by atoms with Crippen molar-refractivity contribution in [2.24, 2.45) is 0 Å². The molecule has 21 heavy (non-hydrogen) atoms. The van der Waals surface area contributed by atoms with Gasteiger partial charge in [-0.1, -0.05) is 36.4 Å². The maximum atomic E-state index is 12.6. The van der Waals surface area contributed by atoms with Crippen molar-refractivity contribution in [3.8, 4) is 5.75 Å². The van der Waals surface area contributed by atoms with Crippen LogP contribution in [0.15, 0.2) is 54.6 Å². The number of rotatable bonds is 5. The summed E-state index contributed by atoms with van der Waals surface area (Å²) < 4.78 is 10.6. The Bertz CT molecular complexity index is 612. The molecule has 0 aliphatic heterocycles. The number of amides is 1. The van der Waals surface area contributed by atoms with Crippen molar-refractivity contribution in [2.75, 3.05) is 19.5 Å². The van der Waals surface area contributed by atoms with E-state index in [1.807, 2.05) is 48.5 Å². The van der Waals surface area contributed by atoms with Crippen LogP contribution in [-0.4, -0.2) is 20.1 Å². The first-order valence-corrected chi connectivity index (χ1v) is 6.66. The molecule has 0 saturated heterocycles. The summed E-state index contributed by atoms with van der Waals surface area (Å²) in [5.74, 6) is 0.455. The number of anilines is 1. The zero-order valence-electron chi connectivity index (χ0n) is 12.4. The zero-order valence-corrected chi connectivity index (χ0v) is 12.4. The fraction of sp³-hybridized carbons (Fsp3) is 0.235. The molecule has 0 aliphatic carbocycles. The summed E-state index contributed by atoms with van der Waals surface area (Å²) in [6, 6.07) is 16.6. The number of benzene rings is 2. The van der Waals surface area contributed by atoms with Crippen LogP contribution in [0.1, 0.15) is 12.5 Å². The Morgan fingerprint density at radius 3 is 2.38 bits per heavy atom. The smallest absolute Gasteiger partial charge is 0.260 e. The number of methoxy groups -OCH3 is 2. The fourth-order valence-corrected chi connectivity index (χ4v) is 2.05. The maximum absolute atomic E-state index is 12.6. The first-order valence-electron chi connectivity index (χ1n) is 6.66. The van der Waals surface area contributed by atoms with Crippen LogP contribution in [0.4, 0.5) is 5.69 Å². The SMILES string of the molecule is COc1cccc(NC(=O)C(C)(OC)c2ccccc2)c1. The molecule has 0 spiro atoms. The molecule has 1 amide bonds. The third kappa shape index (κ3) is 3.23. The Balaban J connectivity index is 2.24. The lowest BCUT2D eigenvalue weighted by Crippen LogP contribution is -2.39. The summed E-state index contributed by atoms with van der Waals surface area (Å²) in [5.41, 5.74) is 0.413. The van der Waals surface area contributed by atoms with Gasteiger partial charge in [0.2, 0.25) is 0 Å². The van der Waals surface area contributed by atoms with E-state index in [0.29, 0.717) is 11.4 Å². The van der Waals surface area contributed by atoms with E-state index >= 15 is 0 Å². The summed E-state index contributed by atoms with van der Waals surface area (Å²) in [6.07, 6.45) is 0. The van der Waals surface area contributed by atoms with Gasteiger partial charge in [0, 0.05) is 18.9 Å². The van der Waals surface area contributed by atoms with E-state index in [2.05, 4.69) is 5.32 Å². The van der Waals surface area contributed by atoms with Crippen molar-refractivity contribution in [2.45, 2.75) is 12.5 Å². The number of carbonyl (C=O) groups excluding carboxylic acids is 1. The number of nitrogens with one attached hydrogen (secondary N) is 1. The minimum Gasteiger partial charge on any atom is -0.497 e. The molecule has 0 fully saturated rings. The molecule has 0 bridgehead atoms. The molecular formula is C17H19NO3. The van der Waals surface area contributed by atoms with E-state index < -0.39 is 5.60 Å². The van der Waals surface area contributed by atoms with E-state index in [4.69, 9.17) is 9.47 Å². The van der Waals surface area contributed by atoms with Crippen LogP contribution in [0.25, 0.3) is 0 Å². The second-order valence-corrected chi connectivity index (χ2v) is 4.79. The lowest BCUT2D eigenvalue weighted by Gasteiger charge is -2.27. The first-order chi connectivity index (χ1) is 10.1. The van der Waals surface area contributed by atoms with E-state index in [0.717, 1.165) is 5.56 Å². The minimum absolute atomic E-state index is 0.232. The van der Waals surface area contributed by atoms with Crippen molar-refractivity contribution in [1.82, 2.24) is 0 Å². The molecule has 2 aromatic rings. The van der Waals surface area contributed by atoms with Crippen LogP contribution in [0.2, 0.25) is 0 Å². The molecular weight excluding hydrogens is 266 g/mol. The number of ether oxygens (including phenoxy) is 2. The van der Waals surface area contributed by atoms with Crippen LogP contribution in [0.3, 0.4) is 0 Å². The molecule has 0 aliphatic rings. The molecule has 0 heterocycles. The summed E-state index contributed by atoms with van der Waals surface area (Å²) in [4.78, 5) is 12.6. The highest BCUT2D eigenvalue weighted by molar-refractivity contribution is 5.97. The topological polar surface area (TPSA) is 47.6 Å². The first kappa shape index (κ1) is 15.1. The predicted octanol–water partition coefficient (Wildman–Crippen LogP) is 3.20. The van der Waals surface area contributed by atoms with Gasteiger partial charge >= 0.3 is 0 Å². The zero-order chi connectivity index (χ0) is 15.3. The summed E-state index contributed by atoms with van der Waals surface area (Å²) in [7, 11) is 3.11. The van der Waals surface area contributed by atoms with Crippen molar-refractivity contribution >= 4 is 11.6 Å². The van der Waals surface area contributed by atoms with Gasteiger partial charge in [-0.2, -0.15) is 0 Å². The Hall–Kier alpha value is -2.33. The number of hydrogen-bond donors (Lipinski definition) is 1. The monoisotopic (exact) mass is 285 g/mol. The van der Waals surface area contributed by atoms with Crippen molar-refractivity contribution < 1.29 is 14.3 Å². The molecule has 0 radical (unpaired) electrons. The van der Waals surface area contributed by atoms with Crippen LogP contribution >= 0.6 is 0 Å². The largest absolute Gasteiger partial charge is 0.497 e. The van der Waals surface area contributed by atoms with Crippen molar-refractivity contribution in [1.29, 1.82) is 0 Å². The van der Waals surface area contributed by atoms with Crippen LogP contribution in [-0.2, 0) is 15.1 Å². The van der Waals surface area contributed by atoms with Crippen molar-refractivity contribution in [3.63, 3.8) is 0 Å². The molecule has 0 aromatic heterocycles. The molecule has 4 heteroatoms. The van der Waals surface area contributed by atoms with Gasteiger partial charge in [0.25, 0.3) is 5.91 Å². The highest BCUT2D eigenvalue weighted by atomic mass is 16.5. The van der Waals surface area contributed by atoms with Gasteiger partial charge in [-0.3, -0.25) is 4.79 Å². The summed E-state index contributed by atoms with van der Waals surface area (Å²) in [5, 5.41) is 2.86. The van der Waals surface area contributed by atoms with E-state index in [1.54, 1.807) is 20.1 Å². The second-order valence-electron chi connectivity index (χ2n) is 4.79. The van der Waals surface area contributed by atoms with E-state index in [9.17, 15) is 4.79 Å². The molecule has 1 unspecified atom stereocenters. The van der Waals surface area contributed by atoms with Gasteiger partial charge in [0.1, 0.15) is 5.75 Å². The van der Waals surface area contributed by atoms with Crippen LogP contribution in [0.5, 0.6) is 5.75 Å². The lowest BCUT2D eigenvalue weighted by atomic mass is 9.94. The highest BCUT2D eigenvalue weighted by Crippen LogP contribution is 2.27. The molecule has 0 saturated carbocycles. The quantitative estimate of drug-likeness (QED) is 0.917. The fourth-order valence-electron chi connectivity index (χ4n) is 2.05. The average molecular weight is 285 g/mol. The maximum Gasteiger partial charge on any atom is 0.260 e. The molecule has 1 N–H and O–H groups in total. The third-order valence-electron chi connectivity index (χ3n) is 3.49. The molecule has 110 valence electrons. The Labute approximate surface area is 124 Å². The van der Waals surface area contributed by atoms with Gasteiger partial charge in [0.15, 0.2) is 5.60 Å². The van der Waals surface area contributed by atoms with Gasteiger partial charge in [0.05, 0.1) is 7.11 Å². The standard InChI is InChI=1S/C17H19NO3/c1-17(21-3,13-8-5-4-6-9-13)16(19)18-14-10-7-11-15(12-14)20-2/h4-12H,1-3H3,(H,18,19). The number of carbonyl (C=O) groups is 1. The Morgan fingerprint density at radius 2 is 1.76 bits per heavy atom. The third-order valence-corrected chi connectivity index (χ3v) is 3.49. The second kappa shape index (κ2) is 6.41. The molecule has 2 rings (SSSR count). The van der Waals surface area contributed by atoms with Gasteiger partial charge in [-0.25, -0.2) is 0 Å². The van der Waals surface area contributed by atoms with Gasteiger partial charge in [-0.15, -0.1) is 0 Å². The van der Waals surface area contributed by atoms with E-state index in [1.165, 1.54) is 7.11 Å². The Kier molecular flexibility index (Phi) is 4.60. The normalized spacial score (nSPS) is 13.3. The molecule has 4 nitrogen and oxygen atoms in total. The lowest BCUT2D eigenvalue weighted by molar-refractivity contribution is -0.136. The highest BCUT2D eigenvalue weighted by Gasteiger charge is 2.35. The van der Waals surface area contributed by atoms with Crippen molar-refractivity contribution in [3.05, 3.63) is 60.2 Å². The average Bonchev–Trinajstić information content (AvgIpc) is 2.55.